The Morgan fingerprint density at radius 1 is 1.24 bits per heavy atom. The maximum Gasteiger partial charge on any atom is 0.119 e. The highest BCUT2D eigenvalue weighted by atomic mass is 35.5. The van der Waals surface area contributed by atoms with Crippen molar-refractivity contribution in [2.45, 2.75) is 6.42 Å². The SMILES string of the molecule is COc1cccc(-c2[nH]c3ccc(Cl)cc3c2CC#N)c1. The first kappa shape index (κ1) is 13.5. The molecule has 4 heteroatoms. The molecular weight excluding hydrogens is 284 g/mol. The van der Waals surface area contributed by atoms with Gasteiger partial charge in [-0.3, -0.25) is 0 Å². The van der Waals surface area contributed by atoms with Gasteiger partial charge in [0.05, 0.1) is 25.3 Å². The van der Waals surface area contributed by atoms with Crippen LogP contribution in [0, 0.1) is 11.3 Å². The quantitative estimate of drug-likeness (QED) is 0.770. The molecule has 1 N–H and O–H groups in total. The van der Waals surface area contributed by atoms with E-state index in [0.717, 1.165) is 33.5 Å². The molecule has 21 heavy (non-hydrogen) atoms. The second kappa shape index (κ2) is 5.51. The van der Waals surface area contributed by atoms with Crippen molar-refractivity contribution in [3.05, 3.63) is 53.1 Å². The molecule has 3 aromatic rings. The largest absolute Gasteiger partial charge is 0.497 e. The van der Waals surface area contributed by atoms with Gasteiger partial charge in [0.1, 0.15) is 5.75 Å². The highest BCUT2D eigenvalue weighted by molar-refractivity contribution is 6.31. The van der Waals surface area contributed by atoms with Crippen molar-refractivity contribution in [1.82, 2.24) is 4.98 Å². The second-order valence-electron chi connectivity index (χ2n) is 4.74. The van der Waals surface area contributed by atoms with Crippen LogP contribution in [0.3, 0.4) is 0 Å². The third-order valence-corrected chi connectivity index (χ3v) is 3.72. The summed E-state index contributed by atoms with van der Waals surface area (Å²) in [7, 11) is 1.64. The van der Waals surface area contributed by atoms with Gasteiger partial charge in [-0.05, 0) is 35.9 Å². The van der Waals surface area contributed by atoms with E-state index in [2.05, 4.69) is 11.1 Å². The van der Waals surface area contributed by atoms with Crippen molar-refractivity contribution in [2.75, 3.05) is 7.11 Å². The van der Waals surface area contributed by atoms with Crippen molar-refractivity contribution in [1.29, 1.82) is 5.26 Å². The van der Waals surface area contributed by atoms with Gasteiger partial charge in [0.15, 0.2) is 0 Å². The lowest BCUT2D eigenvalue weighted by Crippen LogP contribution is -1.88. The van der Waals surface area contributed by atoms with Crippen LogP contribution < -0.4 is 4.74 Å². The van der Waals surface area contributed by atoms with E-state index >= 15 is 0 Å². The summed E-state index contributed by atoms with van der Waals surface area (Å²) in [5.41, 5.74) is 3.87. The summed E-state index contributed by atoms with van der Waals surface area (Å²) >= 11 is 6.08. The Kier molecular flexibility index (Phi) is 3.55. The maximum absolute atomic E-state index is 9.12. The van der Waals surface area contributed by atoms with Gasteiger partial charge in [-0.1, -0.05) is 23.7 Å². The maximum atomic E-state index is 9.12. The van der Waals surface area contributed by atoms with E-state index in [9.17, 15) is 0 Å². The Hall–Kier alpha value is -2.44. The number of fused-ring (bicyclic) bond motifs is 1. The molecule has 0 amide bonds. The van der Waals surface area contributed by atoms with Gasteiger partial charge in [0.2, 0.25) is 0 Å². The van der Waals surface area contributed by atoms with E-state index in [-0.39, 0.29) is 0 Å². The Balaban J connectivity index is 2.26. The highest BCUT2D eigenvalue weighted by Gasteiger charge is 2.13. The number of hydrogen-bond acceptors (Lipinski definition) is 2. The van der Waals surface area contributed by atoms with E-state index in [1.807, 2.05) is 42.5 Å². The summed E-state index contributed by atoms with van der Waals surface area (Å²) < 4.78 is 5.27. The number of aromatic amines is 1. The third-order valence-electron chi connectivity index (χ3n) is 3.48. The number of H-pyrrole nitrogens is 1. The van der Waals surface area contributed by atoms with Crippen molar-refractivity contribution in [3.8, 4) is 23.1 Å². The molecule has 1 aromatic heterocycles. The molecule has 1 heterocycles. The average Bonchev–Trinajstić information content (AvgIpc) is 2.86. The molecule has 0 unspecified atom stereocenters. The van der Waals surface area contributed by atoms with Crippen LogP contribution in [0.5, 0.6) is 5.75 Å². The van der Waals surface area contributed by atoms with E-state index in [1.165, 1.54) is 0 Å². The van der Waals surface area contributed by atoms with Crippen LogP contribution in [-0.2, 0) is 6.42 Å². The zero-order valence-electron chi connectivity index (χ0n) is 11.5. The molecule has 3 nitrogen and oxygen atoms in total. The van der Waals surface area contributed by atoms with Crippen molar-refractivity contribution in [3.63, 3.8) is 0 Å². The van der Waals surface area contributed by atoms with Gasteiger partial charge in [-0.2, -0.15) is 5.26 Å². The predicted octanol–water partition coefficient (Wildman–Crippen LogP) is 4.56. The van der Waals surface area contributed by atoms with Crippen LogP contribution >= 0.6 is 11.6 Å². The molecule has 0 bridgehead atoms. The zero-order valence-corrected chi connectivity index (χ0v) is 12.2. The molecule has 0 spiro atoms. The number of halogens is 1. The first-order chi connectivity index (χ1) is 10.2. The normalized spacial score (nSPS) is 10.5. The lowest BCUT2D eigenvalue weighted by Gasteiger charge is -2.05. The number of nitrogens with one attached hydrogen (secondary N) is 1. The van der Waals surface area contributed by atoms with Crippen molar-refractivity contribution >= 4 is 22.5 Å². The standard InChI is InChI=1S/C17H13ClN2O/c1-21-13-4-2-3-11(9-13)17-14(7-8-19)15-10-12(18)5-6-16(15)20-17/h2-6,9-10,20H,7H2,1H3. The van der Waals surface area contributed by atoms with Crippen molar-refractivity contribution < 1.29 is 4.74 Å². The fourth-order valence-corrected chi connectivity index (χ4v) is 2.68. The fraction of sp³-hybridized carbons (Fsp3) is 0.118. The summed E-state index contributed by atoms with van der Waals surface area (Å²) in [6.07, 6.45) is 0.326. The summed E-state index contributed by atoms with van der Waals surface area (Å²) in [5.74, 6) is 0.784. The summed E-state index contributed by atoms with van der Waals surface area (Å²) in [4.78, 5) is 3.38. The van der Waals surface area contributed by atoms with E-state index in [1.54, 1.807) is 7.11 Å². The molecule has 0 fully saturated rings. The Morgan fingerprint density at radius 3 is 2.86 bits per heavy atom. The van der Waals surface area contributed by atoms with Crippen LogP contribution in [-0.4, -0.2) is 12.1 Å². The first-order valence-corrected chi connectivity index (χ1v) is 6.92. The fourth-order valence-electron chi connectivity index (χ4n) is 2.51. The van der Waals surface area contributed by atoms with E-state index < -0.39 is 0 Å². The number of methoxy groups -OCH3 is 1. The van der Waals surface area contributed by atoms with Crippen LogP contribution in [0.4, 0.5) is 0 Å². The Bertz CT molecular complexity index is 846. The van der Waals surface area contributed by atoms with Crippen LogP contribution in [0.15, 0.2) is 42.5 Å². The molecule has 0 radical (unpaired) electrons. The van der Waals surface area contributed by atoms with Gasteiger partial charge in [0.25, 0.3) is 0 Å². The Morgan fingerprint density at radius 2 is 2.10 bits per heavy atom. The number of nitrogens with zero attached hydrogens (tertiary/aromatic N) is 1. The topological polar surface area (TPSA) is 48.8 Å². The molecule has 0 atom stereocenters. The zero-order chi connectivity index (χ0) is 14.8. The van der Waals surface area contributed by atoms with Gasteiger partial charge in [0, 0.05) is 21.5 Å². The number of aromatic nitrogens is 1. The minimum absolute atomic E-state index is 0.326. The van der Waals surface area contributed by atoms with Crippen LogP contribution in [0.25, 0.3) is 22.2 Å². The highest BCUT2D eigenvalue weighted by Crippen LogP contribution is 2.33. The minimum Gasteiger partial charge on any atom is -0.497 e. The van der Waals surface area contributed by atoms with Crippen molar-refractivity contribution in [2.24, 2.45) is 0 Å². The molecule has 3 rings (SSSR count). The third kappa shape index (κ3) is 2.46. The molecule has 0 saturated heterocycles. The number of hydrogen-bond donors (Lipinski definition) is 1. The number of nitriles is 1. The molecule has 0 saturated carbocycles. The van der Waals surface area contributed by atoms with Gasteiger partial charge in [-0.25, -0.2) is 0 Å². The lowest BCUT2D eigenvalue weighted by atomic mass is 10.0. The van der Waals surface area contributed by atoms with Gasteiger partial charge in [-0.15, -0.1) is 0 Å². The molecular formula is C17H13ClN2O. The number of ether oxygens (including phenoxy) is 1. The minimum atomic E-state index is 0.326. The monoisotopic (exact) mass is 296 g/mol. The molecule has 0 aliphatic rings. The van der Waals surface area contributed by atoms with Crippen LogP contribution in [0.2, 0.25) is 5.02 Å². The summed E-state index contributed by atoms with van der Waals surface area (Å²) in [6, 6.07) is 15.7. The van der Waals surface area contributed by atoms with Crippen LogP contribution in [0.1, 0.15) is 5.56 Å². The van der Waals surface area contributed by atoms with Gasteiger partial charge < -0.3 is 9.72 Å². The van der Waals surface area contributed by atoms with E-state index in [0.29, 0.717) is 11.4 Å². The second-order valence-corrected chi connectivity index (χ2v) is 5.17. The summed E-state index contributed by atoms with van der Waals surface area (Å²) in [6.45, 7) is 0. The first-order valence-electron chi connectivity index (χ1n) is 6.54. The lowest BCUT2D eigenvalue weighted by molar-refractivity contribution is 0.415. The number of benzene rings is 2. The Labute approximate surface area is 127 Å². The molecule has 2 aromatic carbocycles. The molecule has 0 aliphatic carbocycles. The van der Waals surface area contributed by atoms with E-state index in [4.69, 9.17) is 21.6 Å². The number of rotatable bonds is 3. The van der Waals surface area contributed by atoms with Gasteiger partial charge >= 0.3 is 0 Å². The smallest absolute Gasteiger partial charge is 0.119 e. The average molecular weight is 297 g/mol. The predicted molar refractivity (Wildman–Crippen MR) is 84.6 cm³/mol. The summed E-state index contributed by atoms with van der Waals surface area (Å²) in [5, 5.41) is 10.8. The molecule has 104 valence electrons. The molecule has 0 aliphatic heterocycles.